The van der Waals surface area contributed by atoms with Crippen LogP contribution >= 0.6 is 11.6 Å². The number of nitrogens with two attached hydrogens (primary N) is 1. The first kappa shape index (κ1) is 12.6. The number of benzene rings is 1. The first-order valence-electron chi connectivity index (χ1n) is 5.48. The van der Waals surface area contributed by atoms with E-state index in [9.17, 15) is 0 Å². The Bertz CT molecular complexity index is 504. The van der Waals surface area contributed by atoms with Gasteiger partial charge in [0, 0.05) is 13.1 Å². The molecule has 0 spiro atoms. The van der Waals surface area contributed by atoms with Gasteiger partial charge < -0.3 is 15.8 Å². The Balaban J connectivity index is 2.04. The van der Waals surface area contributed by atoms with Crippen molar-refractivity contribution in [1.82, 2.24) is 9.97 Å². The Morgan fingerprint density at radius 1 is 1.22 bits per heavy atom. The standard InChI is InChI=1S/C12H13ClN4O/c13-10-3-1-2-4-11(10)18-9-7-16-12(17-8-9)15-6-5-14/h1-4,7-8H,5-6,14H2,(H,15,16,17). The van der Waals surface area contributed by atoms with Crippen LogP contribution < -0.4 is 15.8 Å². The van der Waals surface area contributed by atoms with Crippen molar-refractivity contribution in [3.63, 3.8) is 0 Å². The van der Waals surface area contributed by atoms with Crippen LogP contribution in [0.5, 0.6) is 11.5 Å². The highest BCUT2D eigenvalue weighted by Crippen LogP contribution is 2.28. The van der Waals surface area contributed by atoms with Gasteiger partial charge in [-0.25, -0.2) is 9.97 Å². The van der Waals surface area contributed by atoms with Crippen LogP contribution in [0, 0.1) is 0 Å². The Morgan fingerprint density at radius 2 is 1.94 bits per heavy atom. The van der Waals surface area contributed by atoms with Crippen LogP contribution in [-0.4, -0.2) is 23.1 Å². The maximum Gasteiger partial charge on any atom is 0.222 e. The molecule has 6 heteroatoms. The molecule has 0 bridgehead atoms. The maximum absolute atomic E-state index is 5.98. The van der Waals surface area contributed by atoms with E-state index in [0.29, 0.717) is 35.6 Å². The van der Waals surface area contributed by atoms with E-state index in [0.717, 1.165) is 0 Å². The Morgan fingerprint density at radius 3 is 2.61 bits per heavy atom. The molecule has 0 unspecified atom stereocenters. The molecule has 0 radical (unpaired) electrons. The molecule has 0 atom stereocenters. The number of hydrogen-bond donors (Lipinski definition) is 2. The van der Waals surface area contributed by atoms with Crippen molar-refractivity contribution in [2.24, 2.45) is 5.73 Å². The number of anilines is 1. The normalized spacial score (nSPS) is 10.1. The van der Waals surface area contributed by atoms with Crippen molar-refractivity contribution in [1.29, 1.82) is 0 Å². The smallest absolute Gasteiger partial charge is 0.222 e. The summed E-state index contributed by atoms with van der Waals surface area (Å²) in [7, 11) is 0. The lowest BCUT2D eigenvalue weighted by molar-refractivity contribution is 0.478. The molecule has 0 saturated heterocycles. The zero-order valence-electron chi connectivity index (χ0n) is 9.64. The number of rotatable bonds is 5. The number of hydrogen-bond acceptors (Lipinski definition) is 5. The predicted octanol–water partition coefficient (Wildman–Crippen LogP) is 2.29. The second-order valence-corrected chi connectivity index (χ2v) is 3.90. The lowest BCUT2D eigenvalue weighted by Crippen LogP contribution is -2.14. The van der Waals surface area contributed by atoms with E-state index in [1.165, 1.54) is 0 Å². The molecule has 2 aromatic rings. The summed E-state index contributed by atoms with van der Waals surface area (Å²) in [4.78, 5) is 8.19. The van der Waals surface area contributed by atoms with Crippen LogP contribution in [-0.2, 0) is 0 Å². The third-order valence-corrected chi connectivity index (χ3v) is 2.43. The fraction of sp³-hybridized carbons (Fsp3) is 0.167. The monoisotopic (exact) mass is 264 g/mol. The highest BCUT2D eigenvalue weighted by atomic mass is 35.5. The summed E-state index contributed by atoms with van der Waals surface area (Å²) < 4.78 is 5.56. The first-order chi connectivity index (χ1) is 8.79. The van der Waals surface area contributed by atoms with Gasteiger partial charge in [-0.3, -0.25) is 0 Å². The molecule has 1 aromatic carbocycles. The number of nitrogens with one attached hydrogen (secondary N) is 1. The molecule has 0 saturated carbocycles. The fourth-order valence-electron chi connectivity index (χ4n) is 1.30. The molecule has 0 amide bonds. The van der Waals surface area contributed by atoms with Gasteiger partial charge >= 0.3 is 0 Å². The van der Waals surface area contributed by atoms with Gasteiger partial charge in [0.2, 0.25) is 5.95 Å². The molecule has 0 aliphatic heterocycles. The van der Waals surface area contributed by atoms with Crippen LogP contribution in [0.1, 0.15) is 0 Å². The van der Waals surface area contributed by atoms with Crippen molar-refractivity contribution in [2.75, 3.05) is 18.4 Å². The average Bonchev–Trinajstić information content (AvgIpc) is 2.41. The van der Waals surface area contributed by atoms with Gasteiger partial charge in [0.25, 0.3) is 0 Å². The highest BCUT2D eigenvalue weighted by molar-refractivity contribution is 6.32. The second kappa shape index (κ2) is 6.18. The maximum atomic E-state index is 5.98. The lowest BCUT2D eigenvalue weighted by atomic mass is 10.3. The minimum atomic E-state index is 0.520. The second-order valence-electron chi connectivity index (χ2n) is 3.49. The van der Waals surface area contributed by atoms with Crippen molar-refractivity contribution >= 4 is 17.5 Å². The van der Waals surface area contributed by atoms with Gasteiger partial charge in [0.1, 0.15) is 5.75 Å². The van der Waals surface area contributed by atoms with Crippen LogP contribution in [0.25, 0.3) is 0 Å². The van der Waals surface area contributed by atoms with Gasteiger partial charge in [-0.15, -0.1) is 0 Å². The van der Waals surface area contributed by atoms with Crippen LogP contribution in [0.15, 0.2) is 36.7 Å². The summed E-state index contributed by atoms with van der Waals surface area (Å²) in [5.74, 6) is 1.62. The quantitative estimate of drug-likeness (QED) is 0.867. The SMILES string of the molecule is NCCNc1ncc(Oc2ccccc2Cl)cn1. The van der Waals surface area contributed by atoms with Crippen LogP contribution in [0.3, 0.4) is 0 Å². The number of nitrogens with zero attached hydrogens (tertiary/aromatic N) is 2. The summed E-state index contributed by atoms with van der Waals surface area (Å²) in [5, 5.41) is 3.51. The highest BCUT2D eigenvalue weighted by Gasteiger charge is 2.03. The summed E-state index contributed by atoms with van der Waals surface area (Å²) in [6.07, 6.45) is 3.16. The van der Waals surface area contributed by atoms with Crippen LogP contribution in [0.4, 0.5) is 5.95 Å². The molecule has 94 valence electrons. The first-order valence-corrected chi connectivity index (χ1v) is 5.86. The van der Waals surface area contributed by atoms with E-state index in [4.69, 9.17) is 22.1 Å². The summed E-state index contributed by atoms with van der Waals surface area (Å²) in [6.45, 7) is 1.16. The number of aromatic nitrogens is 2. The van der Waals surface area contributed by atoms with Crippen molar-refractivity contribution in [2.45, 2.75) is 0 Å². The summed E-state index contributed by atoms with van der Waals surface area (Å²) in [5.41, 5.74) is 5.37. The Kier molecular flexibility index (Phi) is 4.33. The Hall–Kier alpha value is -1.85. The largest absolute Gasteiger partial charge is 0.453 e. The topological polar surface area (TPSA) is 73.1 Å². The molecular formula is C12H13ClN4O. The lowest BCUT2D eigenvalue weighted by Gasteiger charge is -2.07. The minimum Gasteiger partial charge on any atom is -0.453 e. The zero-order chi connectivity index (χ0) is 12.8. The number of halogens is 1. The van der Waals surface area contributed by atoms with Crippen molar-refractivity contribution in [3.8, 4) is 11.5 Å². The number of para-hydroxylation sites is 1. The van der Waals surface area contributed by atoms with E-state index in [2.05, 4.69) is 15.3 Å². The third-order valence-electron chi connectivity index (χ3n) is 2.12. The van der Waals surface area contributed by atoms with Gasteiger partial charge in [0.05, 0.1) is 17.4 Å². The molecule has 3 N–H and O–H groups in total. The molecule has 18 heavy (non-hydrogen) atoms. The fourth-order valence-corrected chi connectivity index (χ4v) is 1.47. The molecule has 0 fully saturated rings. The molecule has 1 aromatic heterocycles. The molecule has 0 aliphatic carbocycles. The molecular weight excluding hydrogens is 252 g/mol. The van der Waals surface area contributed by atoms with Crippen molar-refractivity contribution < 1.29 is 4.74 Å². The third kappa shape index (κ3) is 3.32. The van der Waals surface area contributed by atoms with Gasteiger partial charge in [-0.2, -0.15) is 0 Å². The van der Waals surface area contributed by atoms with E-state index >= 15 is 0 Å². The molecule has 2 rings (SSSR count). The van der Waals surface area contributed by atoms with E-state index < -0.39 is 0 Å². The number of ether oxygens (including phenoxy) is 1. The molecule has 1 heterocycles. The molecule has 5 nitrogen and oxygen atoms in total. The zero-order valence-corrected chi connectivity index (χ0v) is 10.4. The predicted molar refractivity (Wildman–Crippen MR) is 71.1 cm³/mol. The van der Waals surface area contributed by atoms with Gasteiger partial charge in [-0.05, 0) is 12.1 Å². The van der Waals surface area contributed by atoms with E-state index in [1.807, 2.05) is 12.1 Å². The molecule has 0 aliphatic rings. The summed E-state index contributed by atoms with van der Waals surface area (Å²) >= 11 is 5.98. The van der Waals surface area contributed by atoms with Crippen LogP contribution in [0.2, 0.25) is 5.02 Å². The van der Waals surface area contributed by atoms with E-state index in [1.54, 1.807) is 24.5 Å². The van der Waals surface area contributed by atoms with Gasteiger partial charge in [-0.1, -0.05) is 23.7 Å². The van der Waals surface area contributed by atoms with E-state index in [-0.39, 0.29) is 0 Å². The summed E-state index contributed by atoms with van der Waals surface area (Å²) in [6, 6.07) is 7.22. The average molecular weight is 265 g/mol. The Labute approximate surface area is 110 Å². The minimum absolute atomic E-state index is 0.520. The van der Waals surface area contributed by atoms with Crippen molar-refractivity contribution in [3.05, 3.63) is 41.7 Å². The van der Waals surface area contributed by atoms with Gasteiger partial charge in [0.15, 0.2) is 5.75 Å².